The van der Waals surface area contributed by atoms with E-state index in [0.717, 1.165) is 18.4 Å². The summed E-state index contributed by atoms with van der Waals surface area (Å²) < 4.78 is 26.2. The van der Waals surface area contributed by atoms with Gasteiger partial charge in [0.1, 0.15) is 11.6 Å². The number of anilines is 1. The molecular weight excluding hydrogens is 473 g/mol. The van der Waals surface area contributed by atoms with Crippen LogP contribution in [0.3, 0.4) is 0 Å². The van der Waals surface area contributed by atoms with Gasteiger partial charge in [0.25, 0.3) is 0 Å². The molecule has 2 aromatic rings. The van der Waals surface area contributed by atoms with E-state index in [9.17, 15) is 9.59 Å². The second-order valence-electron chi connectivity index (χ2n) is 10.1. The summed E-state index contributed by atoms with van der Waals surface area (Å²) in [6.45, 7) is 5.75. The van der Waals surface area contributed by atoms with E-state index in [0.29, 0.717) is 50.5 Å². The Bertz CT molecular complexity index is 1080. The van der Waals surface area contributed by atoms with Gasteiger partial charge in [0, 0.05) is 45.3 Å². The molecule has 2 amide bonds. The zero-order chi connectivity index (χ0) is 26.4. The van der Waals surface area contributed by atoms with Crippen LogP contribution in [0.2, 0.25) is 0 Å². The van der Waals surface area contributed by atoms with Crippen LogP contribution >= 0.6 is 0 Å². The van der Waals surface area contributed by atoms with Gasteiger partial charge in [-0.05, 0) is 50.3 Å². The van der Waals surface area contributed by atoms with Gasteiger partial charge >= 0.3 is 0 Å². The maximum Gasteiger partial charge on any atom is 0.231 e. The summed E-state index contributed by atoms with van der Waals surface area (Å²) in [7, 11) is 1.64. The second kappa shape index (κ2) is 12.5. The third kappa shape index (κ3) is 6.87. The molecule has 0 radical (unpaired) electrons. The van der Waals surface area contributed by atoms with Gasteiger partial charge in [-0.2, -0.15) is 0 Å². The summed E-state index contributed by atoms with van der Waals surface area (Å²) in [5.74, 6) is -0.831. The zero-order valence-electron chi connectivity index (χ0n) is 22.0. The van der Waals surface area contributed by atoms with E-state index < -0.39 is 11.7 Å². The summed E-state index contributed by atoms with van der Waals surface area (Å²) >= 11 is 0. The van der Waals surface area contributed by atoms with Crippen LogP contribution in [0.15, 0.2) is 42.5 Å². The summed E-state index contributed by atoms with van der Waals surface area (Å²) in [6, 6.07) is 12.7. The minimum atomic E-state index is -0.434. The topological polar surface area (TPSA) is 79.9 Å². The number of rotatable bonds is 11. The van der Waals surface area contributed by atoms with Crippen LogP contribution in [0, 0.1) is 24.6 Å². The highest BCUT2D eigenvalue weighted by atomic mass is 19.1. The lowest BCUT2D eigenvalue weighted by atomic mass is 9.88. The Labute approximate surface area is 218 Å². The van der Waals surface area contributed by atoms with E-state index in [-0.39, 0.29) is 35.5 Å². The molecule has 0 aromatic heterocycles. The van der Waals surface area contributed by atoms with Gasteiger partial charge in [-0.3, -0.25) is 9.59 Å². The lowest BCUT2D eigenvalue weighted by Gasteiger charge is -2.33. The Hall–Kier alpha value is -2.97. The van der Waals surface area contributed by atoms with Crippen molar-refractivity contribution in [2.45, 2.75) is 51.6 Å². The highest BCUT2D eigenvalue weighted by molar-refractivity contribution is 5.97. The first-order chi connectivity index (χ1) is 17.9. The maximum atomic E-state index is 15.2. The van der Waals surface area contributed by atoms with E-state index >= 15 is 4.39 Å². The van der Waals surface area contributed by atoms with Crippen LogP contribution in [0.4, 0.5) is 10.1 Å². The fourth-order valence-electron chi connectivity index (χ4n) is 4.88. The van der Waals surface area contributed by atoms with Crippen LogP contribution in [-0.2, 0) is 14.3 Å². The molecule has 4 rings (SSSR count). The maximum absolute atomic E-state index is 15.2. The number of hydrogen-bond acceptors (Lipinski definition) is 5. The summed E-state index contributed by atoms with van der Waals surface area (Å²) in [4.78, 5) is 28.4. The average Bonchev–Trinajstić information content (AvgIpc) is 3.74. The average molecular weight is 512 g/mol. The van der Waals surface area contributed by atoms with Gasteiger partial charge in [0.15, 0.2) is 0 Å². The van der Waals surface area contributed by atoms with Crippen molar-refractivity contribution in [3.8, 4) is 5.75 Å². The number of aryl methyl sites for hydroxylation is 1. The number of ether oxygens (including phenoxy) is 2. The van der Waals surface area contributed by atoms with E-state index in [4.69, 9.17) is 9.47 Å². The number of halogens is 1. The quantitative estimate of drug-likeness (QED) is 0.443. The fraction of sp³-hybridized carbons (Fsp3) is 0.517. The van der Waals surface area contributed by atoms with Gasteiger partial charge in [-0.25, -0.2) is 4.39 Å². The van der Waals surface area contributed by atoms with Crippen molar-refractivity contribution in [3.05, 3.63) is 59.4 Å². The van der Waals surface area contributed by atoms with Crippen LogP contribution in [0.1, 0.15) is 49.8 Å². The molecule has 1 saturated carbocycles. The Morgan fingerprint density at radius 2 is 1.86 bits per heavy atom. The van der Waals surface area contributed by atoms with Gasteiger partial charge in [0.05, 0.1) is 30.2 Å². The number of nitrogens with one attached hydrogen (secondary N) is 2. The molecule has 0 spiro atoms. The highest BCUT2D eigenvalue weighted by Crippen LogP contribution is 2.38. The van der Waals surface area contributed by atoms with Crippen LogP contribution in [-0.4, -0.2) is 51.3 Å². The highest BCUT2D eigenvalue weighted by Gasteiger charge is 2.41. The predicted octanol–water partition coefficient (Wildman–Crippen LogP) is 4.15. The lowest BCUT2D eigenvalue weighted by molar-refractivity contribution is -0.128. The van der Waals surface area contributed by atoms with Gasteiger partial charge in [-0.15, -0.1) is 0 Å². The van der Waals surface area contributed by atoms with Gasteiger partial charge < -0.3 is 25.0 Å². The standard InChI is InChI=1S/C29H38FN3O4/c1-19-14-25(30)26(16-27(19)37-13-7-12-36-3)33(24-10-11-24)29(35)23-15-22(17-31-18-23)28(34)32-20(2)21-8-5-4-6-9-21/h4-6,8-9,14,16,20,22-24,31H,7,10-13,15,17-18H2,1-3H3,(H,32,34)/t20-,22+,23-/m1/s1. The van der Waals surface area contributed by atoms with E-state index in [1.807, 2.05) is 37.3 Å². The van der Waals surface area contributed by atoms with Crippen molar-refractivity contribution >= 4 is 17.5 Å². The molecule has 8 heteroatoms. The van der Waals surface area contributed by atoms with Crippen molar-refractivity contribution in [1.82, 2.24) is 10.6 Å². The number of hydrogen-bond donors (Lipinski definition) is 2. The van der Waals surface area contributed by atoms with Crippen molar-refractivity contribution in [3.63, 3.8) is 0 Å². The number of nitrogens with zero attached hydrogens (tertiary/aromatic N) is 1. The number of methoxy groups -OCH3 is 1. The second-order valence-corrected chi connectivity index (χ2v) is 10.1. The summed E-state index contributed by atoms with van der Waals surface area (Å²) in [6.07, 6.45) is 2.81. The van der Waals surface area contributed by atoms with Crippen LogP contribution in [0.25, 0.3) is 0 Å². The fourth-order valence-corrected chi connectivity index (χ4v) is 4.88. The third-order valence-electron chi connectivity index (χ3n) is 7.13. The third-order valence-corrected chi connectivity index (χ3v) is 7.13. The van der Waals surface area contributed by atoms with Crippen molar-refractivity contribution in [2.75, 3.05) is 38.3 Å². The minimum absolute atomic E-state index is 0.0293. The Balaban J connectivity index is 1.46. The molecule has 0 unspecified atom stereocenters. The van der Waals surface area contributed by atoms with E-state index in [1.165, 1.54) is 6.07 Å². The van der Waals surface area contributed by atoms with Crippen molar-refractivity contribution in [2.24, 2.45) is 11.8 Å². The SMILES string of the molecule is COCCCOc1cc(N(C(=O)[C@H]2CNC[C@@H](C(=O)N[C@H](C)c3ccccc3)C2)C2CC2)c(F)cc1C. The first-order valence-corrected chi connectivity index (χ1v) is 13.2. The Kier molecular flexibility index (Phi) is 9.16. The molecular formula is C29H38FN3O4. The molecule has 3 atom stereocenters. The number of amides is 2. The molecule has 2 N–H and O–H groups in total. The molecule has 2 aromatic carbocycles. The Morgan fingerprint density at radius 3 is 2.57 bits per heavy atom. The first-order valence-electron chi connectivity index (χ1n) is 13.2. The molecule has 1 saturated heterocycles. The zero-order valence-corrected chi connectivity index (χ0v) is 22.0. The van der Waals surface area contributed by atoms with E-state index in [1.54, 1.807) is 25.0 Å². The predicted molar refractivity (Wildman–Crippen MR) is 141 cm³/mol. The molecule has 37 heavy (non-hydrogen) atoms. The van der Waals surface area contributed by atoms with Crippen molar-refractivity contribution in [1.29, 1.82) is 0 Å². The Morgan fingerprint density at radius 1 is 1.14 bits per heavy atom. The van der Waals surface area contributed by atoms with Crippen LogP contribution < -0.4 is 20.3 Å². The smallest absolute Gasteiger partial charge is 0.231 e. The van der Waals surface area contributed by atoms with Crippen molar-refractivity contribution < 1.29 is 23.5 Å². The number of carbonyl (C=O) groups excluding carboxylic acids is 2. The molecule has 1 heterocycles. The number of piperidine rings is 1. The molecule has 7 nitrogen and oxygen atoms in total. The summed E-state index contributed by atoms with van der Waals surface area (Å²) in [5.41, 5.74) is 1.97. The van der Waals surface area contributed by atoms with E-state index in [2.05, 4.69) is 10.6 Å². The minimum Gasteiger partial charge on any atom is -0.493 e. The van der Waals surface area contributed by atoms with Crippen LogP contribution in [0.5, 0.6) is 5.75 Å². The molecule has 200 valence electrons. The first kappa shape index (κ1) is 27.1. The molecule has 2 fully saturated rings. The summed E-state index contributed by atoms with van der Waals surface area (Å²) in [5, 5.41) is 6.35. The monoisotopic (exact) mass is 511 g/mol. The lowest BCUT2D eigenvalue weighted by Crippen LogP contribution is -2.50. The van der Waals surface area contributed by atoms with Gasteiger partial charge in [-0.1, -0.05) is 30.3 Å². The number of carbonyl (C=O) groups is 2. The van der Waals surface area contributed by atoms with Gasteiger partial charge in [0.2, 0.25) is 11.8 Å². The molecule has 1 aliphatic carbocycles. The largest absolute Gasteiger partial charge is 0.493 e. The molecule has 1 aliphatic heterocycles. The molecule has 0 bridgehead atoms. The normalized spacial score (nSPS) is 20.2. The molecule has 2 aliphatic rings. The number of benzene rings is 2.